The Balaban J connectivity index is 1.72. The van der Waals surface area contributed by atoms with Crippen molar-refractivity contribution in [3.63, 3.8) is 0 Å². The summed E-state index contributed by atoms with van der Waals surface area (Å²) in [5, 5.41) is 4.85. The van der Waals surface area contributed by atoms with Crippen molar-refractivity contribution in [3.8, 4) is 0 Å². The van der Waals surface area contributed by atoms with Gasteiger partial charge in [-0.05, 0) is 18.8 Å². The van der Waals surface area contributed by atoms with Crippen LogP contribution in [0.15, 0.2) is 12.4 Å². The number of carbonyl (C=O) groups is 1. The maximum atomic E-state index is 13.0. The Kier molecular flexibility index (Phi) is 4.78. The van der Waals surface area contributed by atoms with Gasteiger partial charge in [-0.25, -0.2) is 0 Å². The molecule has 122 valence electrons. The van der Waals surface area contributed by atoms with Crippen LogP contribution in [0.25, 0.3) is 0 Å². The molecule has 1 amide bonds. The number of hydrogen-bond donors (Lipinski definition) is 0. The van der Waals surface area contributed by atoms with Crippen LogP contribution in [0.5, 0.6) is 0 Å². The zero-order valence-electron chi connectivity index (χ0n) is 13.7. The van der Waals surface area contributed by atoms with Gasteiger partial charge in [0.15, 0.2) is 0 Å². The molecule has 22 heavy (non-hydrogen) atoms. The van der Waals surface area contributed by atoms with Crippen molar-refractivity contribution in [3.05, 3.63) is 12.4 Å². The van der Waals surface area contributed by atoms with E-state index in [1.807, 2.05) is 18.1 Å². The second kappa shape index (κ2) is 6.62. The molecule has 2 aliphatic heterocycles. The van der Waals surface area contributed by atoms with Gasteiger partial charge < -0.3 is 4.90 Å². The fourth-order valence-electron chi connectivity index (χ4n) is 3.38. The quantitative estimate of drug-likeness (QED) is 0.853. The van der Waals surface area contributed by atoms with Gasteiger partial charge >= 0.3 is 0 Å². The predicted molar refractivity (Wildman–Crippen MR) is 91.2 cm³/mol. The van der Waals surface area contributed by atoms with Crippen LogP contribution in [-0.2, 0) is 11.8 Å². The lowest BCUT2D eigenvalue weighted by Gasteiger charge is -2.42. The average molecular weight is 322 g/mol. The zero-order valence-corrected chi connectivity index (χ0v) is 14.6. The van der Waals surface area contributed by atoms with Crippen LogP contribution < -0.4 is 4.90 Å². The number of hydrogen-bond acceptors (Lipinski definition) is 4. The van der Waals surface area contributed by atoms with Gasteiger partial charge in [-0.15, -0.1) is 0 Å². The largest absolute Gasteiger partial charge is 0.308 e. The van der Waals surface area contributed by atoms with Gasteiger partial charge in [0, 0.05) is 43.9 Å². The molecule has 0 N–H and O–H groups in total. The van der Waals surface area contributed by atoms with E-state index in [1.165, 1.54) is 0 Å². The highest BCUT2D eigenvalue weighted by Gasteiger charge is 2.37. The molecule has 2 saturated heterocycles. The van der Waals surface area contributed by atoms with E-state index in [2.05, 4.69) is 35.6 Å². The highest BCUT2D eigenvalue weighted by Crippen LogP contribution is 2.29. The first-order valence-electron chi connectivity index (χ1n) is 8.22. The Morgan fingerprint density at radius 2 is 2.18 bits per heavy atom. The molecule has 6 heteroatoms. The lowest BCUT2D eigenvalue weighted by atomic mass is 10.0. The summed E-state index contributed by atoms with van der Waals surface area (Å²) in [6.07, 6.45) is 5.79. The molecule has 2 atom stereocenters. The summed E-state index contributed by atoms with van der Waals surface area (Å²) in [6.45, 7) is 7.46. The normalized spacial score (nSPS) is 27.6. The van der Waals surface area contributed by atoms with Gasteiger partial charge in [0.05, 0.1) is 17.9 Å². The van der Waals surface area contributed by atoms with Crippen molar-refractivity contribution in [1.29, 1.82) is 0 Å². The SMILES string of the molecule is CC(C)[C@@H]1CN([C@H]2CCCN(c3cnn(C)c3)C2=O)CCS1. The van der Waals surface area contributed by atoms with Gasteiger partial charge in [-0.2, -0.15) is 16.9 Å². The molecule has 3 rings (SSSR count). The summed E-state index contributed by atoms with van der Waals surface area (Å²) in [6, 6.07) is 0.0520. The van der Waals surface area contributed by atoms with Gasteiger partial charge in [0.1, 0.15) is 0 Å². The summed E-state index contributed by atoms with van der Waals surface area (Å²) in [4.78, 5) is 17.3. The highest BCUT2D eigenvalue weighted by molar-refractivity contribution is 8.00. The third-order valence-corrected chi connectivity index (χ3v) is 6.26. The van der Waals surface area contributed by atoms with Crippen molar-refractivity contribution < 1.29 is 4.79 Å². The third-order valence-electron chi connectivity index (χ3n) is 4.72. The van der Waals surface area contributed by atoms with Gasteiger partial charge in [0.2, 0.25) is 5.91 Å². The van der Waals surface area contributed by atoms with E-state index >= 15 is 0 Å². The molecule has 2 aliphatic rings. The van der Waals surface area contributed by atoms with Crippen molar-refractivity contribution in [2.24, 2.45) is 13.0 Å². The minimum Gasteiger partial charge on any atom is -0.308 e. The number of anilines is 1. The van der Waals surface area contributed by atoms with Crippen LogP contribution in [0.2, 0.25) is 0 Å². The van der Waals surface area contributed by atoms with Crippen molar-refractivity contribution in [2.45, 2.75) is 38.0 Å². The molecular weight excluding hydrogens is 296 g/mol. The number of carbonyl (C=O) groups excluding carboxylic acids is 1. The molecule has 1 aromatic rings. The molecule has 0 bridgehead atoms. The van der Waals surface area contributed by atoms with E-state index in [0.29, 0.717) is 11.2 Å². The first-order chi connectivity index (χ1) is 10.6. The topological polar surface area (TPSA) is 41.4 Å². The van der Waals surface area contributed by atoms with Crippen molar-refractivity contribution in [1.82, 2.24) is 14.7 Å². The lowest BCUT2D eigenvalue weighted by molar-refractivity contribution is -0.125. The average Bonchev–Trinajstić information content (AvgIpc) is 2.94. The standard InChI is InChI=1S/C16H26N4OS/c1-12(2)15-11-19(7-8-22-15)14-5-4-6-20(16(14)21)13-9-17-18(3)10-13/h9-10,12,14-15H,4-8,11H2,1-3H3/t14-,15-/m0/s1. The summed E-state index contributed by atoms with van der Waals surface area (Å²) in [5.41, 5.74) is 0.934. The first-order valence-corrected chi connectivity index (χ1v) is 9.27. The molecular formula is C16H26N4OS. The molecule has 0 spiro atoms. The minimum atomic E-state index is 0.0520. The Morgan fingerprint density at radius 1 is 1.36 bits per heavy atom. The van der Waals surface area contributed by atoms with E-state index in [4.69, 9.17) is 0 Å². The van der Waals surface area contributed by atoms with Gasteiger partial charge in [-0.1, -0.05) is 13.8 Å². The number of thioether (sulfide) groups is 1. The van der Waals surface area contributed by atoms with Crippen LogP contribution in [0.3, 0.4) is 0 Å². The fourth-order valence-corrected chi connectivity index (χ4v) is 4.71. The summed E-state index contributed by atoms with van der Waals surface area (Å²) >= 11 is 2.06. The Morgan fingerprint density at radius 3 is 2.86 bits per heavy atom. The molecule has 0 radical (unpaired) electrons. The third kappa shape index (κ3) is 3.18. The minimum absolute atomic E-state index is 0.0520. The number of aryl methyl sites for hydroxylation is 1. The number of nitrogens with zero attached hydrogens (tertiary/aromatic N) is 4. The summed E-state index contributed by atoms with van der Waals surface area (Å²) in [7, 11) is 1.89. The molecule has 0 aliphatic carbocycles. The molecule has 5 nitrogen and oxygen atoms in total. The van der Waals surface area contributed by atoms with Crippen LogP contribution in [-0.4, -0.2) is 57.3 Å². The van der Waals surface area contributed by atoms with Crippen LogP contribution >= 0.6 is 11.8 Å². The summed E-state index contributed by atoms with van der Waals surface area (Å²) in [5.74, 6) is 2.06. The Labute approximate surface area is 137 Å². The smallest absolute Gasteiger partial charge is 0.244 e. The monoisotopic (exact) mass is 322 g/mol. The number of piperidine rings is 1. The maximum absolute atomic E-state index is 13.0. The number of amides is 1. The van der Waals surface area contributed by atoms with Crippen molar-refractivity contribution in [2.75, 3.05) is 30.3 Å². The lowest BCUT2D eigenvalue weighted by Crippen LogP contribution is -2.56. The molecule has 0 aromatic carbocycles. The van der Waals surface area contributed by atoms with E-state index < -0.39 is 0 Å². The van der Waals surface area contributed by atoms with Crippen LogP contribution in [0.1, 0.15) is 26.7 Å². The van der Waals surface area contributed by atoms with Crippen LogP contribution in [0, 0.1) is 5.92 Å². The Bertz CT molecular complexity index is 530. The summed E-state index contributed by atoms with van der Waals surface area (Å²) < 4.78 is 1.76. The maximum Gasteiger partial charge on any atom is 0.244 e. The van der Waals surface area contributed by atoms with E-state index in [-0.39, 0.29) is 11.9 Å². The second-order valence-corrected chi connectivity index (χ2v) is 8.02. The molecule has 0 unspecified atom stereocenters. The van der Waals surface area contributed by atoms with Crippen LogP contribution in [0.4, 0.5) is 5.69 Å². The number of rotatable bonds is 3. The molecule has 0 saturated carbocycles. The van der Waals surface area contributed by atoms with Gasteiger partial charge in [-0.3, -0.25) is 14.4 Å². The first kappa shape index (κ1) is 15.9. The molecule has 1 aromatic heterocycles. The second-order valence-electron chi connectivity index (χ2n) is 6.67. The highest BCUT2D eigenvalue weighted by atomic mass is 32.2. The van der Waals surface area contributed by atoms with E-state index in [9.17, 15) is 4.79 Å². The van der Waals surface area contributed by atoms with E-state index in [0.717, 1.165) is 43.9 Å². The predicted octanol–water partition coefficient (Wildman–Crippen LogP) is 1.99. The van der Waals surface area contributed by atoms with E-state index in [1.54, 1.807) is 10.9 Å². The molecule has 2 fully saturated rings. The molecule has 3 heterocycles. The fraction of sp³-hybridized carbons (Fsp3) is 0.750. The van der Waals surface area contributed by atoms with Crippen molar-refractivity contribution >= 4 is 23.4 Å². The zero-order chi connectivity index (χ0) is 15.7. The Hall–Kier alpha value is -1.01. The van der Waals surface area contributed by atoms with Gasteiger partial charge in [0.25, 0.3) is 0 Å². The number of aromatic nitrogens is 2.